The van der Waals surface area contributed by atoms with Crippen molar-refractivity contribution in [1.82, 2.24) is 10.2 Å². The van der Waals surface area contributed by atoms with Gasteiger partial charge < -0.3 is 10.2 Å². The summed E-state index contributed by atoms with van der Waals surface area (Å²) in [5, 5.41) is 3.58. The van der Waals surface area contributed by atoms with E-state index in [1.807, 2.05) is 0 Å². The van der Waals surface area contributed by atoms with Crippen molar-refractivity contribution in [1.29, 1.82) is 0 Å². The molecule has 1 atom stereocenters. The van der Waals surface area contributed by atoms with E-state index in [0.29, 0.717) is 0 Å². The molecule has 1 saturated carbocycles. The molecular formula is C12H24N2. The Hall–Kier alpha value is -0.0800. The first-order chi connectivity index (χ1) is 6.86. The summed E-state index contributed by atoms with van der Waals surface area (Å²) in [6, 6.07) is 1.66. The Balaban J connectivity index is 1.72. The van der Waals surface area contributed by atoms with E-state index in [0.717, 1.165) is 12.1 Å². The lowest BCUT2D eigenvalue weighted by atomic mass is 9.94. The molecular weight excluding hydrogens is 172 g/mol. The van der Waals surface area contributed by atoms with Crippen LogP contribution in [0, 0.1) is 0 Å². The molecule has 82 valence electrons. The van der Waals surface area contributed by atoms with Crippen LogP contribution in [0.1, 0.15) is 44.9 Å². The highest BCUT2D eigenvalue weighted by Crippen LogP contribution is 2.22. The Bertz CT molecular complexity index is 158. The van der Waals surface area contributed by atoms with Crippen molar-refractivity contribution < 1.29 is 0 Å². The molecule has 0 bridgehead atoms. The quantitative estimate of drug-likeness (QED) is 0.743. The zero-order chi connectivity index (χ0) is 9.80. The van der Waals surface area contributed by atoms with Crippen LogP contribution in [-0.4, -0.2) is 37.1 Å². The van der Waals surface area contributed by atoms with Gasteiger partial charge in [-0.25, -0.2) is 0 Å². The second kappa shape index (κ2) is 5.13. The standard InChI is InChI=1S/C12H24N2/c1-14(10-11-6-5-9-13-11)12-7-3-2-4-8-12/h11-13H,2-10H2,1H3/t11-/m0/s1. The van der Waals surface area contributed by atoms with E-state index < -0.39 is 0 Å². The summed E-state index contributed by atoms with van der Waals surface area (Å²) in [5.41, 5.74) is 0. The molecule has 0 aromatic rings. The molecule has 1 aliphatic heterocycles. The minimum atomic E-state index is 0.780. The van der Waals surface area contributed by atoms with Crippen LogP contribution in [0.25, 0.3) is 0 Å². The maximum absolute atomic E-state index is 3.58. The second-order valence-electron chi connectivity index (χ2n) is 5.02. The molecule has 0 aromatic carbocycles. The van der Waals surface area contributed by atoms with E-state index in [1.165, 1.54) is 58.0 Å². The van der Waals surface area contributed by atoms with Gasteiger partial charge in [0.1, 0.15) is 0 Å². The highest BCUT2D eigenvalue weighted by atomic mass is 15.2. The Morgan fingerprint density at radius 1 is 1.07 bits per heavy atom. The lowest BCUT2D eigenvalue weighted by Gasteiger charge is -2.32. The molecule has 1 aliphatic carbocycles. The van der Waals surface area contributed by atoms with E-state index >= 15 is 0 Å². The minimum absolute atomic E-state index is 0.780. The van der Waals surface area contributed by atoms with Crippen LogP contribution in [0.3, 0.4) is 0 Å². The van der Waals surface area contributed by atoms with Gasteiger partial charge in [-0.1, -0.05) is 19.3 Å². The zero-order valence-corrected chi connectivity index (χ0v) is 9.47. The lowest BCUT2D eigenvalue weighted by Crippen LogP contribution is -2.41. The number of nitrogens with zero attached hydrogens (tertiary/aromatic N) is 1. The van der Waals surface area contributed by atoms with Gasteiger partial charge in [0.05, 0.1) is 0 Å². The van der Waals surface area contributed by atoms with Crippen molar-refractivity contribution in [2.24, 2.45) is 0 Å². The summed E-state index contributed by atoms with van der Waals surface area (Å²) in [4.78, 5) is 2.60. The van der Waals surface area contributed by atoms with Crippen molar-refractivity contribution in [2.45, 2.75) is 57.0 Å². The normalized spacial score (nSPS) is 30.0. The fourth-order valence-corrected chi connectivity index (χ4v) is 2.93. The van der Waals surface area contributed by atoms with Gasteiger partial charge in [0.15, 0.2) is 0 Å². The Labute approximate surface area is 88.1 Å². The first kappa shape index (κ1) is 10.4. The smallest absolute Gasteiger partial charge is 0.0195 e. The summed E-state index contributed by atoms with van der Waals surface area (Å²) in [6.45, 7) is 2.51. The number of hydrogen-bond donors (Lipinski definition) is 1. The zero-order valence-electron chi connectivity index (χ0n) is 9.47. The Morgan fingerprint density at radius 2 is 1.86 bits per heavy atom. The summed E-state index contributed by atoms with van der Waals surface area (Å²) >= 11 is 0. The second-order valence-corrected chi connectivity index (χ2v) is 5.02. The molecule has 0 radical (unpaired) electrons. The maximum Gasteiger partial charge on any atom is 0.0195 e. The highest BCUT2D eigenvalue weighted by molar-refractivity contribution is 4.81. The third-order valence-electron chi connectivity index (χ3n) is 3.87. The van der Waals surface area contributed by atoms with E-state index in [9.17, 15) is 0 Å². The summed E-state index contributed by atoms with van der Waals surface area (Å²) in [7, 11) is 2.32. The number of rotatable bonds is 3. The molecule has 0 amide bonds. The van der Waals surface area contributed by atoms with Gasteiger partial charge in [-0.15, -0.1) is 0 Å². The third-order valence-corrected chi connectivity index (χ3v) is 3.87. The van der Waals surface area contributed by atoms with E-state index in [1.54, 1.807) is 0 Å². The lowest BCUT2D eigenvalue weighted by molar-refractivity contribution is 0.178. The third kappa shape index (κ3) is 2.71. The van der Waals surface area contributed by atoms with Gasteiger partial charge >= 0.3 is 0 Å². The van der Waals surface area contributed by atoms with Crippen molar-refractivity contribution in [3.8, 4) is 0 Å². The highest BCUT2D eigenvalue weighted by Gasteiger charge is 2.22. The van der Waals surface area contributed by atoms with Crippen molar-refractivity contribution in [2.75, 3.05) is 20.1 Å². The van der Waals surface area contributed by atoms with Gasteiger partial charge in [0, 0.05) is 18.6 Å². The topological polar surface area (TPSA) is 15.3 Å². The SMILES string of the molecule is CN(C[C@@H]1CCCN1)C1CCCCC1. The molecule has 14 heavy (non-hydrogen) atoms. The van der Waals surface area contributed by atoms with E-state index in [2.05, 4.69) is 17.3 Å². The largest absolute Gasteiger partial charge is 0.313 e. The molecule has 2 nitrogen and oxygen atoms in total. The summed E-state index contributed by atoms with van der Waals surface area (Å²) in [5.74, 6) is 0. The van der Waals surface area contributed by atoms with Gasteiger partial charge in [-0.2, -0.15) is 0 Å². The number of nitrogens with one attached hydrogen (secondary N) is 1. The molecule has 1 heterocycles. The van der Waals surface area contributed by atoms with Gasteiger partial charge in [0.2, 0.25) is 0 Å². The molecule has 1 N–H and O–H groups in total. The molecule has 0 aromatic heterocycles. The molecule has 2 aliphatic rings. The molecule has 2 heteroatoms. The molecule has 0 unspecified atom stereocenters. The maximum atomic E-state index is 3.58. The first-order valence-corrected chi connectivity index (χ1v) is 6.30. The molecule has 1 saturated heterocycles. The van der Waals surface area contributed by atoms with Crippen LogP contribution in [0.4, 0.5) is 0 Å². The Kier molecular flexibility index (Phi) is 3.82. The van der Waals surface area contributed by atoms with Gasteiger partial charge in [0.25, 0.3) is 0 Å². The monoisotopic (exact) mass is 196 g/mol. The van der Waals surface area contributed by atoms with Crippen molar-refractivity contribution in [3.05, 3.63) is 0 Å². The Morgan fingerprint density at radius 3 is 2.50 bits per heavy atom. The minimum Gasteiger partial charge on any atom is -0.313 e. The van der Waals surface area contributed by atoms with Gasteiger partial charge in [-0.3, -0.25) is 0 Å². The van der Waals surface area contributed by atoms with E-state index in [4.69, 9.17) is 0 Å². The molecule has 2 rings (SSSR count). The van der Waals surface area contributed by atoms with Gasteiger partial charge in [-0.05, 0) is 39.3 Å². The van der Waals surface area contributed by atoms with Crippen LogP contribution >= 0.6 is 0 Å². The predicted molar refractivity (Wildman–Crippen MR) is 60.5 cm³/mol. The average Bonchev–Trinajstić information content (AvgIpc) is 2.72. The van der Waals surface area contributed by atoms with Crippen LogP contribution in [-0.2, 0) is 0 Å². The van der Waals surface area contributed by atoms with Crippen molar-refractivity contribution >= 4 is 0 Å². The van der Waals surface area contributed by atoms with Crippen molar-refractivity contribution in [3.63, 3.8) is 0 Å². The average molecular weight is 196 g/mol. The predicted octanol–water partition coefficient (Wildman–Crippen LogP) is 2.00. The number of hydrogen-bond acceptors (Lipinski definition) is 2. The molecule has 2 fully saturated rings. The number of likely N-dealkylation sites (N-methyl/N-ethyl adjacent to an activating group) is 1. The van der Waals surface area contributed by atoms with Crippen LogP contribution in [0.15, 0.2) is 0 Å². The fourth-order valence-electron chi connectivity index (χ4n) is 2.93. The summed E-state index contributed by atoms with van der Waals surface area (Å²) < 4.78 is 0. The van der Waals surface area contributed by atoms with Crippen LogP contribution in [0.5, 0.6) is 0 Å². The van der Waals surface area contributed by atoms with Crippen LogP contribution in [0.2, 0.25) is 0 Å². The van der Waals surface area contributed by atoms with Crippen LogP contribution < -0.4 is 5.32 Å². The first-order valence-electron chi connectivity index (χ1n) is 6.30. The molecule has 0 spiro atoms. The van der Waals surface area contributed by atoms with E-state index in [-0.39, 0.29) is 0 Å². The fraction of sp³-hybridized carbons (Fsp3) is 1.00. The summed E-state index contributed by atoms with van der Waals surface area (Å²) in [6.07, 6.45) is 10.00.